The van der Waals surface area contributed by atoms with Gasteiger partial charge in [0.1, 0.15) is 6.10 Å². The average Bonchev–Trinajstić information content (AvgIpc) is 2.90. The molecule has 29 heavy (non-hydrogen) atoms. The fraction of sp³-hybridized carbons (Fsp3) is 0.353. The summed E-state index contributed by atoms with van der Waals surface area (Å²) >= 11 is 5.89. The number of aromatic nitrogens is 2. The first-order valence-corrected chi connectivity index (χ1v) is 8.47. The molecule has 1 aromatic heterocycles. The zero-order valence-corrected chi connectivity index (χ0v) is 15.3. The van der Waals surface area contributed by atoms with E-state index in [4.69, 9.17) is 16.3 Å². The molecule has 0 unspecified atom stereocenters. The smallest absolute Gasteiger partial charge is 0.416 e. The van der Waals surface area contributed by atoms with Crippen molar-refractivity contribution >= 4 is 17.7 Å². The number of cyclic esters (lactones) is 1. The van der Waals surface area contributed by atoms with E-state index in [2.05, 4.69) is 9.97 Å². The van der Waals surface area contributed by atoms with Crippen LogP contribution in [0.15, 0.2) is 30.6 Å². The SMILES string of the molecule is C[C@H]1[C@@H](c2cc(C(F)(F)F)cc(C(F)(F)F)c2)OC(=O)N1Cc1nccnc1Cl. The third-order valence-corrected chi connectivity index (χ3v) is 4.69. The molecule has 2 aromatic rings. The minimum absolute atomic E-state index is 0.00868. The van der Waals surface area contributed by atoms with Crippen molar-refractivity contribution in [1.82, 2.24) is 14.9 Å². The van der Waals surface area contributed by atoms with Crippen molar-refractivity contribution < 1.29 is 35.9 Å². The summed E-state index contributed by atoms with van der Waals surface area (Å²) in [7, 11) is 0. The number of hydrogen-bond donors (Lipinski definition) is 0. The van der Waals surface area contributed by atoms with Crippen LogP contribution in [0.1, 0.15) is 35.4 Å². The first-order valence-electron chi connectivity index (χ1n) is 8.10. The van der Waals surface area contributed by atoms with E-state index in [9.17, 15) is 31.1 Å². The first-order chi connectivity index (χ1) is 13.4. The molecule has 3 rings (SSSR count). The number of hydrogen-bond acceptors (Lipinski definition) is 4. The summed E-state index contributed by atoms with van der Waals surface area (Å²) in [6, 6.07) is 0.220. The van der Waals surface area contributed by atoms with E-state index in [1.165, 1.54) is 19.3 Å². The number of nitrogens with zero attached hydrogens (tertiary/aromatic N) is 3. The van der Waals surface area contributed by atoms with Gasteiger partial charge in [0, 0.05) is 12.4 Å². The van der Waals surface area contributed by atoms with Crippen molar-refractivity contribution in [2.75, 3.05) is 0 Å². The molecule has 0 aliphatic carbocycles. The van der Waals surface area contributed by atoms with Crippen LogP contribution in [0.3, 0.4) is 0 Å². The van der Waals surface area contributed by atoms with E-state index in [-0.39, 0.29) is 23.5 Å². The Labute approximate surface area is 165 Å². The Hall–Kier alpha value is -2.56. The Morgan fingerprint density at radius 3 is 2.10 bits per heavy atom. The second-order valence-corrected chi connectivity index (χ2v) is 6.66. The maximum absolute atomic E-state index is 13.1. The Kier molecular flexibility index (Phi) is 5.37. The van der Waals surface area contributed by atoms with Crippen LogP contribution in [0.4, 0.5) is 31.1 Å². The van der Waals surface area contributed by atoms with Crippen molar-refractivity contribution in [2.45, 2.75) is 38.0 Å². The molecule has 1 aliphatic heterocycles. The Morgan fingerprint density at radius 2 is 1.59 bits per heavy atom. The number of amides is 1. The predicted molar refractivity (Wildman–Crippen MR) is 87.7 cm³/mol. The van der Waals surface area contributed by atoms with Gasteiger partial charge in [-0.05, 0) is 30.7 Å². The Bertz CT molecular complexity index is 902. The lowest BCUT2D eigenvalue weighted by Crippen LogP contribution is -2.32. The minimum atomic E-state index is -5.01. The van der Waals surface area contributed by atoms with Crippen LogP contribution in [-0.4, -0.2) is 27.0 Å². The molecule has 0 bridgehead atoms. The standard InChI is InChI=1S/C17H12ClF6N3O2/c1-8-13(29-15(28)27(8)7-12-14(18)26-3-2-25-12)9-4-10(16(19,20)21)6-11(5-9)17(22,23)24/h2-6,8,13H,7H2,1H3/t8-,13-/m0/s1. The molecule has 1 saturated heterocycles. The molecule has 0 spiro atoms. The summed E-state index contributed by atoms with van der Waals surface area (Å²) in [6.07, 6.45) is -9.63. The lowest BCUT2D eigenvalue weighted by Gasteiger charge is -2.22. The van der Waals surface area contributed by atoms with Crippen LogP contribution in [0.2, 0.25) is 5.15 Å². The van der Waals surface area contributed by atoms with Crippen molar-refractivity contribution in [3.63, 3.8) is 0 Å². The summed E-state index contributed by atoms with van der Waals surface area (Å²) in [5.41, 5.74) is -3.18. The van der Waals surface area contributed by atoms with Crippen LogP contribution in [0.5, 0.6) is 0 Å². The normalized spacial score (nSPS) is 20.1. The number of alkyl halides is 6. The zero-order valence-electron chi connectivity index (χ0n) is 14.6. The number of halogens is 7. The second kappa shape index (κ2) is 7.36. The fourth-order valence-electron chi connectivity index (χ4n) is 2.92. The molecular formula is C17H12ClF6N3O2. The van der Waals surface area contributed by atoms with E-state index >= 15 is 0 Å². The van der Waals surface area contributed by atoms with E-state index in [0.717, 1.165) is 4.90 Å². The lowest BCUT2D eigenvalue weighted by atomic mass is 9.97. The van der Waals surface area contributed by atoms with Gasteiger partial charge in [-0.15, -0.1) is 0 Å². The summed E-state index contributed by atoms with van der Waals surface area (Å²) < 4.78 is 83.6. The van der Waals surface area contributed by atoms with Gasteiger partial charge in [0.25, 0.3) is 0 Å². The molecule has 1 fully saturated rings. The van der Waals surface area contributed by atoms with Gasteiger partial charge in [-0.1, -0.05) is 11.6 Å². The summed E-state index contributed by atoms with van der Waals surface area (Å²) in [5, 5.41) is 0.00868. The van der Waals surface area contributed by atoms with Gasteiger partial charge < -0.3 is 4.74 Å². The van der Waals surface area contributed by atoms with Gasteiger partial charge in [-0.2, -0.15) is 26.3 Å². The number of ether oxygens (including phenoxy) is 1. The lowest BCUT2D eigenvalue weighted by molar-refractivity contribution is -0.143. The molecule has 2 heterocycles. The molecule has 0 radical (unpaired) electrons. The molecule has 0 N–H and O–H groups in total. The largest absolute Gasteiger partial charge is 0.439 e. The van der Waals surface area contributed by atoms with Crippen molar-refractivity contribution in [1.29, 1.82) is 0 Å². The van der Waals surface area contributed by atoms with Crippen molar-refractivity contribution in [2.24, 2.45) is 0 Å². The van der Waals surface area contributed by atoms with E-state index in [0.29, 0.717) is 12.1 Å². The van der Waals surface area contributed by atoms with Gasteiger partial charge in [0.2, 0.25) is 0 Å². The highest BCUT2D eigenvalue weighted by Gasteiger charge is 2.43. The van der Waals surface area contributed by atoms with E-state index in [1.54, 1.807) is 0 Å². The highest BCUT2D eigenvalue weighted by molar-refractivity contribution is 6.29. The molecule has 0 saturated carbocycles. The Morgan fingerprint density at radius 1 is 1.03 bits per heavy atom. The molecule has 12 heteroatoms. The molecule has 156 valence electrons. The molecule has 2 atom stereocenters. The van der Waals surface area contributed by atoms with Crippen LogP contribution >= 0.6 is 11.6 Å². The van der Waals surface area contributed by atoms with Crippen LogP contribution in [-0.2, 0) is 23.6 Å². The van der Waals surface area contributed by atoms with E-state index < -0.39 is 47.3 Å². The summed E-state index contributed by atoms with van der Waals surface area (Å²) in [5.74, 6) is 0. The molecule has 1 amide bonds. The third-order valence-electron chi connectivity index (χ3n) is 4.37. The summed E-state index contributed by atoms with van der Waals surface area (Å²) in [6.45, 7) is 1.27. The van der Waals surface area contributed by atoms with Gasteiger partial charge in [0.15, 0.2) is 5.15 Å². The molecule has 5 nitrogen and oxygen atoms in total. The average molecular weight is 440 g/mol. The van der Waals surface area contributed by atoms with Crippen LogP contribution in [0, 0.1) is 0 Å². The molecule has 1 aliphatic rings. The maximum Gasteiger partial charge on any atom is 0.416 e. The highest BCUT2D eigenvalue weighted by atomic mass is 35.5. The number of rotatable bonds is 3. The predicted octanol–water partition coefficient (Wildman–Crippen LogP) is 5.25. The van der Waals surface area contributed by atoms with Crippen LogP contribution < -0.4 is 0 Å². The van der Waals surface area contributed by atoms with Gasteiger partial charge >= 0.3 is 18.4 Å². The monoisotopic (exact) mass is 439 g/mol. The minimum Gasteiger partial charge on any atom is -0.439 e. The van der Waals surface area contributed by atoms with Gasteiger partial charge in [0.05, 0.1) is 29.4 Å². The highest BCUT2D eigenvalue weighted by Crippen LogP contribution is 2.41. The van der Waals surface area contributed by atoms with Gasteiger partial charge in [-0.3, -0.25) is 9.88 Å². The molecular weight excluding hydrogens is 428 g/mol. The van der Waals surface area contributed by atoms with Crippen molar-refractivity contribution in [3.8, 4) is 0 Å². The quantitative estimate of drug-likeness (QED) is 0.613. The van der Waals surface area contributed by atoms with Crippen LogP contribution in [0.25, 0.3) is 0 Å². The first kappa shape index (κ1) is 21.2. The number of benzene rings is 1. The van der Waals surface area contributed by atoms with Crippen molar-refractivity contribution in [3.05, 3.63) is 58.1 Å². The number of carbonyl (C=O) groups is 1. The second-order valence-electron chi connectivity index (χ2n) is 6.31. The third kappa shape index (κ3) is 4.39. The summed E-state index contributed by atoms with van der Waals surface area (Å²) in [4.78, 5) is 21.1. The van der Waals surface area contributed by atoms with Gasteiger partial charge in [-0.25, -0.2) is 9.78 Å². The zero-order chi connectivity index (χ0) is 21.6. The van der Waals surface area contributed by atoms with E-state index in [1.807, 2.05) is 0 Å². The Balaban J connectivity index is 1.96. The fourth-order valence-corrected chi connectivity index (χ4v) is 3.08. The topological polar surface area (TPSA) is 55.3 Å². The number of carbonyl (C=O) groups excluding carboxylic acids is 1. The molecule has 1 aromatic carbocycles. The maximum atomic E-state index is 13.1.